The van der Waals surface area contributed by atoms with E-state index >= 15 is 0 Å². The number of thiophene rings is 1. The van der Waals surface area contributed by atoms with Gasteiger partial charge in [0.25, 0.3) is 17.7 Å². The fraction of sp³-hybridized carbons (Fsp3) is 0.213. The molecule has 19 heteroatoms. The minimum atomic E-state index is -1.12. The average Bonchev–Trinajstić information content (AvgIpc) is 3.89. The monoisotopic (exact) mass is 922 g/mol. The number of aliphatic imine (C=N–C) groups is 1. The lowest BCUT2D eigenvalue weighted by molar-refractivity contribution is -0.136. The molecule has 3 N–H and O–H groups in total. The van der Waals surface area contributed by atoms with Crippen molar-refractivity contribution >= 4 is 81.2 Å². The topological polar surface area (TPSA) is 219 Å². The molecule has 4 aromatic carbocycles. The summed E-state index contributed by atoms with van der Waals surface area (Å²) in [6.07, 6.45) is 0.0379. The molecule has 3 aliphatic heterocycles. The number of carbonyl (C=O) groups excluding carboxylic acids is 6. The van der Waals surface area contributed by atoms with Crippen LogP contribution in [0.25, 0.3) is 5.00 Å². The lowest BCUT2D eigenvalue weighted by Crippen LogP contribution is -2.54. The Balaban J connectivity index is 0.782. The molecule has 66 heavy (non-hydrogen) atoms. The second-order valence-corrected chi connectivity index (χ2v) is 17.4. The molecule has 0 aliphatic carbocycles. The molecule has 6 aromatic rings. The van der Waals surface area contributed by atoms with E-state index in [4.69, 9.17) is 21.3 Å². The third kappa shape index (κ3) is 8.62. The SMILES string of the molecule is Cc1sc2c(c1C)C(c1ccc(Cl)cc1)=N[C@@H](CC(=O)Nc1ccc(/N=N/c3ccc(CNC(=O)COc4cccc5c4C(=O)N(C4CCC(=O)NC4=O)C5=O)cc3)cc1)c1nnc(C)n1-2. The summed E-state index contributed by atoms with van der Waals surface area (Å²) >= 11 is 7.89. The largest absolute Gasteiger partial charge is 0.483 e. The number of azo groups is 1. The number of hydrogen-bond acceptors (Lipinski definition) is 13. The third-order valence-corrected chi connectivity index (χ3v) is 12.8. The number of imide groups is 2. The molecule has 2 atom stereocenters. The van der Waals surface area contributed by atoms with E-state index in [0.717, 1.165) is 42.7 Å². The summed E-state index contributed by atoms with van der Waals surface area (Å²) < 4.78 is 7.68. The second kappa shape index (κ2) is 18.1. The van der Waals surface area contributed by atoms with Crippen molar-refractivity contribution in [1.82, 2.24) is 30.3 Å². The Morgan fingerprint density at radius 1 is 0.864 bits per heavy atom. The Kier molecular flexibility index (Phi) is 11.9. The predicted octanol–water partition coefficient (Wildman–Crippen LogP) is 7.34. The van der Waals surface area contributed by atoms with Crippen molar-refractivity contribution in [1.29, 1.82) is 0 Å². The zero-order chi connectivity index (χ0) is 46.2. The van der Waals surface area contributed by atoms with E-state index in [9.17, 15) is 28.8 Å². The van der Waals surface area contributed by atoms with Gasteiger partial charge < -0.3 is 15.4 Å². The van der Waals surface area contributed by atoms with Gasteiger partial charge in [0.1, 0.15) is 28.7 Å². The summed E-state index contributed by atoms with van der Waals surface area (Å²) in [6, 6.07) is 24.2. The molecule has 1 unspecified atom stereocenters. The molecule has 332 valence electrons. The van der Waals surface area contributed by atoms with Crippen LogP contribution in [0.15, 0.2) is 106 Å². The number of piperidine rings is 1. The van der Waals surface area contributed by atoms with E-state index < -0.39 is 48.2 Å². The van der Waals surface area contributed by atoms with Gasteiger partial charge in [-0.3, -0.25) is 48.5 Å². The molecule has 1 saturated heterocycles. The summed E-state index contributed by atoms with van der Waals surface area (Å²) in [7, 11) is 0. The highest BCUT2D eigenvalue weighted by molar-refractivity contribution is 7.15. The number of fused-ring (bicyclic) bond motifs is 4. The smallest absolute Gasteiger partial charge is 0.266 e. The van der Waals surface area contributed by atoms with Gasteiger partial charge in [-0.1, -0.05) is 41.9 Å². The Hall–Kier alpha value is -7.70. The van der Waals surface area contributed by atoms with E-state index in [-0.39, 0.29) is 48.6 Å². The Bertz CT molecular complexity index is 3030. The van der Waals surface area contributed by atoms with Gasteiger partial charge in [-0.15, -0.1) is 21.5 Å². The number of amides is 6. The van der Waals surface area contributed by atoms with Crippen molar-refractivity contribution < 1.29 is 33.5 Å². The summed E-state index contributed by atoms with van der Waals surface area (Å²) in [5.74, 6) is -2.00. The van der Waals surface area contributed by atoms with E-state index in [1.807, 2.05) is 35.8 Å². The number of aryl methyl sites for hydroxylation is 2. The molecule has 2 aromatic heterocycles. The average molecular weight is 923 g/mol. The Morgan fingerprint density at radius 2 is 1.58 bits per heavy atom. The van der Waals surface area contributed by atoms with Gasteiger partial charge in [-0.05, 0) is 99.0 Å². The van der Waals surface area contributed by atoms with Gasteiger partial charge in [0.2, 0.25) is 17.7 Å². The summed E-state index contributed by atoms with van der Waals surface area (Å²) in [5, 5.41) is 27.0. The lowest BCUT2D eigenvalue weighted by Gasteiger charge is -2.27. The number of rotatable bonds is 12. The van der Waals surface area contributed by atoms with Crippen LogP contribution in [0.4, 0.5) is 17.1 Å². The van der Waals surface area contributed by atoms with Crippen LogP contribution < -0.4 is 20.7 Å². The highest BCUT2D eigenvalue weighted by Gasteiger charge is 2.46. The maximum absolute atomic E-state index is 13.6. The predicted molar refractivity (Wildman–Crippen MR) is 244 cm³/mol. The van der Waals surface area contributed by atoms with Crippen LogP contribution >= 0.6 is 22.9 Å². The summed E-state index contributed by atoms with van der Waals surface area (Å²) in [5.41, 5.74) is 6.22. The molecular weight excluding hydrogens is 884 g/mol. The van der Waals surface area contributed by atoms with Crippen LogP contribution in [0, 0.1) is 20.8 Å². The molecule has 5 heterocycles. The van der Waals surface area contributed by atoms with Gasteiger partial charge in [0.15, 0.2) is 12.4 Å². The Morgan fingerprint density at radius 3 is 2.29 bits per heavy atom. The van der Waals surface area contributed by atoms with E-state index in [2.05, 4.69) is 50.2 Å². The number of nitrogens with zero attached hydrogens (tertiary/aromatic N) is 7. The maximum Gasteiger partial charge on any atom is 0.266 e. The molecule has 0 spiro atoms. The van der Waals surface area contributed by atoms with E-state index in [0.29, 0.717) is 33.7 Å². The fourth-order valence-electron chi connectivity index (χ4n) is 7.93. The van der Waals surface area contributed by atoms with Crippen molar-refractivity contribution in [2.75, 3.05) is 11.9 Å². The van der Waals surface area contributed by atoms with Gasteiger partial charge >= 0.3 is 0 Å². The van der Waals surface area contributed by atoms with Crippen LogP contribution in [0.3, 0.4) is 0 Å². The first-order valence-electron chi connectivity index (χ1n) is 20.8. The maximum atomic E-state index is 13.6. The van der Waals surface area contributed by atoms with Crippen LogP contribution in [0.1, 0.15) is 84.8 Å². The first-order valence-corrected chi connectivity index (χ1v) is 22.0. The third-order valence-electron chi connectivity index (χ3n) is 11.4. The number of nitrogens with one attached hydrogen (secondary N) is 3. The van der Waals surface area contributed by atoms with Crippen molar-refractivity contribution in [3.05, 3.63) is 146 Å². The standard InChI is InChI=1S/C47H39ClN10O7S/c1-24-25(2)66-47-40(24)42(28-9-11-29(48)12-10-28)51-34(43-56-53-26(3)57(43)47)21-38(60)50-30-15-17-32(18-16-30)55-54-31-13-7-27(8-14-31)22-49-39(61)23-65-36-6-4-5-33-41(36)46(64)58(45(33)63)35-19-20-37(59)52-44(35)62/h4-18,34-35H,19-23H2,1-3H3,(H,49,61)(H,50,60)(H,52,59,62)/b55-54+/t34-,35?/m0/s1. The first-order chi connectivity index (χ1) is 31.8. The second-order valence-electron chi connectivity index (χ2n) is 15.8. The molecule has 9 rings (SSSR count). The highest BCUT2D eigenvalue weighted by atomic mass is 35.5. The number of aromatic nitrogens is 3. The van der Waals surface area contributed by atoms with Crippen LogP contribution in [-0.2, 0) is 25.7 Å². The molecule has 0 bridgehead atoms. The molecule has 17 nitrogen and oxygen atoms in total. The Labute approximate surface area is 386 Å². The van der Waals surface area contributed by atoms with Gasteiger partial charge in [0.05, 0.1) is 34.6 Å². The number of halogens is 1. The number of anilines is 1. The number of ether oxygens (including phenoxy) is 1. The van der Waals surface area contributed by atoms with Crippen molar-refractivity contribution in [2.45, 2.75) is 58.7 Å². The molecule has 0 saturated carbocycles. The van der Waals surface area contributed by atoms with Crippen LogP contribution in [0.2, 0.25) is 5.02 Å². The highest BCUT2D eigenvalue weighted by Crippen LogP contribution is 2.40. The quantitative estimate of drug-likeness (QED) is 0.0825. The summed E-state index contributed by atoms with van der Waals surface area (Å²) in [6.45, 7) is 5.78. The van der Waals surface area contributed by atoms with Gasteiger partial charge in [-0.25, -0.2) is 0 Å². The van der Waals surface area contributed by atoms with Crippen LogP contribution in [-0.4, -0.2) is 73.5 Å². The number of carbonyl (C=O) groups is 6. The van der Waals surface area contributed by atoms with E-state index in [1.165, 1.54) is 18.2 Å². The van der Waals surface area contributed by atoms with Crippen LogP contribution in [0.5, 0.6) is 5.75 Å². The van der Waals surface area contributed by atoms with Crippen molar-refractivity contribution in [3.8, 4) is 10.8 Å². The normalized spacial score (nSPS) is 16.6. The molecule has 1 fully saturated rings. The zero-order valence-corrected chi connectivity index (χ0v) is 37.2. The molecule has 0 radical (unpaired) electrons. The van der Waals surface area contributed by atoms with Gasteiger partial charge in [-0.2, -0.15) is 10.2 Å². The first kappa shape index (κ1) is 43.5. The zero-order valence-electron chi connectivity index (χ0n) is 35.6. The number of benzene rings is 4. The van der Waals surface area contributed by atoms with E-state index in [1.54, 1.807) is 59.9 Å². The molecular formula is C47H39ClN10O7S. The lowest BCUT2D eigenvalue weighted by atomic mass is 9.99. The summed E-state index contributed by atoms with van der Waals surface area (Å²) in [4.78, 5) is 83.9. The number of hydrogen-bond donors (Lipinski definition) is 3. The minimum Gasteiger partial charge on any atom is -0.483 e. The van der Waals surface area contributed by atoms with Crippen molar-refractivity contribution in [2.24, 2.45) is 15.2 Å². The fourth-order valence-corrected chi connectivity index (χ4v) is 9.27. The minimum absolute atomic E-state index is 0.00299. The molecule has 3 aliphatic rings. The molecule has 6 amide bonds. The van der Waals surface area contributed by atoms with Crippen molar-refractivity contribution in [3.63, 3.8) is 0 Å². The van der Waals surface area contributed by atoms with Gasteiger partial charge in [0, 0.05) is 39.7 Å².